The van der Waals surface area contributed by atoms with E-state index in [9.17, 15) is 4.79 Å². The van der Waals surface area contributed by atoms with Crippen LogP contribution in [0.25, 0.3) is 0 Å². The van der Waals surface area contributed by atoms with Crippen LogP contribution in [0, 0.1) is 5.92 Å². The highest BCUT2D eigenvalue weighted by atomic mass is 17.2. The average molecular weight is 326 g/mol. The summed E-state index contributed by atoms with van der Waals surface area (Å²) in [6.07, 6.45) is 10.3. The summed E-state index contributed by atoms with van der Waals surface area (Å²) in [6, 6.07) is 0. The summed E-state index contributed by atoms with van der Waals surface area (Å²) in [5.74, 6) is -1.57. The molecule has 1 rings (SSSR count). The van der Waals surface area contributed by atoms with Gasteiger partial charge < -0.3 is 9.84 Å². The smallest absolute Gasteiger partial charge is 0.306 e. The molecule has 1 fully saturated rings. The zero-order chi connectivity index (χ0) is 17.3. The number of ether oxygens (including phenoxy) is 1. The molecule has 0 spiro atoms. The molecule has 1 aliphatic rings. The molecule has 0 radical (unpaired) electrons. The first kappa shape index (κ1) is 19.9. The monoisotopic (exact) mass is 326 g/mol. The van der Waals surface area contributed by atoms with Gasteiger partial charge in [0.15, 0.2) is 0 Å². The molecule has 1 heterocycles. The standard InChI is InChI=1S/C18H30O5/c1-5-9-14(2)10-7-6-8-11-18(21-4)13-15(3)16(22-23-18)12-17(19)20/h7,9-10,15-16H,5-6,8,11-13H2,1-4H3,(H,19,20)/b10-7+,14-9+. The first-order chi connectivity index (χ1) is 10.9. The molecule has 0 aliphatic carbocycles. The Morgan fingerprint density at radius 3 is 2.78 bits per heavy atom. The number of carboxylic acid groups (broad SMARTS) is 1. The summed E-state index contributed by atoms with van der Waals surface area (Å²) in [5, 5.41) is 8.88. The Bertz CT molecular complexity index is 429. The van der Waals surface area contributed by atoms with Gasteiger partial charge in [-0.3, -0.25) is 4.79 Å². The number of carboxylic acids is 1. The minimum atomic E-state index is -0.879. The highest BCUT2D eigenvalue weighted by molar-refractivity contribution is 5.67. The van der Waals surface area contributed by atoms with Gasteiger partial charge in [-0.25, -0.2) is 9.78 Å². The fourth-order valence-corrected chi connectivity index (χ4v) is 2.82. The third-order valence-corrected chi connectivity index (χ3v) is 4.17. The molecule has 0 amide bonds. The normalized spacial score (nSPS) is 29.1. The van der Waals surface area contributed by atoms with Crippen LogP contribution in [0.2, 0.25) is 0 Å². The molecule has 3 atom stereocenters. The summed E-state index contributed by atoms with van der Waals surface area (Å²) in [7, 11) is 1.61. The summed E-state index contributed by atoms with van der Waals surface area (Å²) < 4.78 is 5.54. The molecule has 132 valence electrons. The van der Waals surface area contributed by atoms with E-state index in [1.807, 2.05) is 6.92 Å². The Hall–Kier alpha value is -1.17. The van der Waals surface area contributed by atoms with Gasteiger partial charge in [0.1, 0.15) is 6.10 Å². The second kappa shape index (κ2) is 9.85. The summed E-state index contributed by atoms with van der Waals surface area (Å²) in [4.78, 5) is 21.6. The lowest BCUT2D eigenvalue weighted by molar-refractivity contribution is -0.475. The molecule has 1 N–H and O–H groups in total. The van der Waals surface area contributed by atoms with E-state index in [1.54, 1.807) is 7.11 Å². The Balaban J connectivity index is 2.44. The maximum absolute atomic E-state index is 10.8. The van der Waals surface area contributed by atoms with E-state index in [2.05, 4.69) is 32.1 Å². The number of allylic oxidation sites excluding steroid dienone is 4. The molecule has 5 heteroatoms. The maximum atomic E-state index is 10.8. The predicted molar refractivity (Wildman–Crippen MR) is 88.8 cm³/mol. The van der Waals surface area contributed by atoms with Crippen LogP contribution in [-0.4, -0.2) is 30.1 Å². The fraction of sp³-hybridized carbons (Fsp3) is 0.722. The largest absolute Gasteiger partial charge is 0.481 e. The summed E-state index contributed by atoms with van der Waals surface area (Å²) in [6.45, 7) is 6.20. The Morgan fingerprint density at radius 1 is 1.48 bits per heavy atom. The molecule has 3 unspecified atom stereocenters. The van der Waals surface area contributed by atoms with Crippen molar-refractivity contribution in [3.05, 3.63) is 23.8 Å². The van der Waals surface area contributed by atoms with Crippen molar-refractivity contribution in [1.29, 1.82) is 0 Å². The molecular formula is C18H30O5. The molecule has 0 aromatic rings. The van der Waals surface area contributed by atoms with Gasteiger partial charge in [0.2, 0.25) is 5.79 Å². The molecule has 0 aromatic heterocycles. The third-order valence-electron chi connectivity index (χ3n) is 4.17. The van der Waals surface area contributed by atoms with E-state index in [1.165, 1.54) is 5.57 Å². The van der Waals surface area contributed by atoms with Crippen molar-refractivity contribution in [3.8, 4) is 0 Å². The van der Waals surface area contributed by atoms with Crippen molar-refractivity contribution >= 4 is 5.97 Å². The quantitative estimate of drug-likeness (QED) is 0.390. The van der Waals surface area contributed by atoms with E-state index < -0.39 is 17.9 Å². The van der Waals surface area contributed by atoms with Gasteiger partial charge in [0, 0.05) is 20.0 Å². The number of aliphatic carboxylic acids is 1. The number of rotatable bonds is 9. The second-order valence-electron chi connectivity index (χ2n) is 6.26. The van der Waals surface area contributed by atoms with Crippen LogP contribution in [0.5, 0.6) is 0 Å². The highest BCUT2D eigenvalue weighted by Gasteiger charge is 2.42. The van der Waals surface area contributed by atoms with Crippen LogP contribution in [0.15, 0.2) is 23.8 Å². The number of unbranched alkanes of at least 4 members (excludes halogenated alkanes) is 1. The van der Waals surface area contributed by atoms with E-state index >= 15 is 0 Å². The Kier molecular flexibility index (Phi) is 8.52. The van der Waals surface area contributed by atoms with Gasteiger partial charge in [-0.15, -0.1) is 0 Å². The first-order valence-electron chi connectivity index (χ1n) is 8.37. The lowest BCUT2D eigenvalue weighted by atomic mass is 9.90. The van der Waals surface area contributed by atoms with E-state index in [0.717, 1.165) is 19.3 Å². The predicted octanol–water partition coefficient (Wildman–Crippen LogP) is 4.24. The van der Waals surface area contributed by atoms with Crippen molar-refractivity contribution in [2.24, 2.45) is 5.92 Å². The van der Waals surface area contributed by atoms with E-state index in [-0.39, 0.29) is 12.3 Å². The van der Waals surface area contributed by atoms with Crippen LogP contribution in [-0.2, 0) is 19.3 Å². The van der Waals surface area contributed by atoms with Crippen LogP contribution < -0.4 is 0 Å². The van der Waals surface area contributed by atoms with Crippen molar-refractivity contribution in [3.63, 3.8) is 0 Å². The van der Waals surface area contributed by atoms with Crippen molar-refractivity contribution in [2.45, 2.75) is 71.2 Å². The minimum Gasteiger partial charge on any atom is -0.481 e. The molecule has 23 heavy (non-hydrogen) atoms. The summed E-state index contributed by atoms with van der Waals surface area (Å²) in [5.41, 5.74) is 1.27. The minimum absolute atomic E-state index is 0.0489. The molecule has 0 bridgehead atoms. The molecule has 1 aliphatic heterocycles. The van der Waals surface area contributed by atoms with Gasteiger partial charge in [-0.05, 0) is 32.1 Å². The molecule has 0 aromatic carbocycles. The molecule has 1 saturated heterocycles. The zero-order valence-corrected chi connectivity index (χ0v) is 14.7. The maximum Gasteiger partial charge on any atom is 0.306 e. The van der Waals surface area contributed by atoms with E-state index in [4.69, 9.17) is 19.6 Å². The van der Waals surface area contributed by atoms with Crippen molar-refractivity contribution in [2.75, 3.05) is 7.11 Å². The van der Waals surface area contributed by atoms with Crippen LogP contribution in [0.1, 0.15) is 59.3 Å². The van der Waals surface area contributed by atoms with Crippen LogP contribution >= 0.6 is 0 Å². The van der Waals surface area contributed by atoms with Crippen LogP contribution in [0.3, 0.4) is 0 Å². The first-order valence-corrected chi connectivity index (χ1v) is 8.37. The van der Waals surface area contributed by atoms with Gasteiger partial charge >= 0.3 is 5.97 Å². The Morgan fingerprint density at radius 2 is 2.22 bits per heavy atom. The number of hydrogen-bond donors (Lipinski definition) is 1. The zero-order valence-electron chi connectivity index (χ0n) is 14.7. The SMILES string of the molecule is CC/C=C(C)/C=C/CCCC1(OC)CC(C)C(CC(=O)O)OO1. The second-order valence-corrected chi connectivity index (χ2v) is 6.26. The van der Waals surface area contributed by atoms with Gasteiger partial charge in [-0.1, -0.05) is 37.6 Å². The van der Waals surface area contributed by atoms with Crippen molar-refractivity contribution < 1.29 is 24.4 Å². The van der Waals surface area contributed by atoms with Gasteiger partial charge in [0.25, 0.3) is 0 Å². The topological polar surface area (TPSA) is 65.0 Å². The lowest BCUT2D eigenvalue weighted by Gasteiger charge is -2.40. The van der Waals surface area contributed by atoms with Gasteiger partial charge in [0.05, 0.1) is 6.42 Å². The average Bonchev–Trinajstić information content (AvgIpc) is 2.49. The number of methoxy groups -OCH3 is 1. The Labute approximate surface area is 139 Å². The summed E-state index contributed by atoms with van der Waals surface area (Å²) >= 11 is 0. The van der Waals surface area contributed by atoms with Gasteiger partial charge in [-0.2, -0.15) is 0 Å². The molecule has 5 nitrogen and oxygen atoms in total. The van der Waals surface area contributed by atoms with E-state index in [0.29, 0.717) is 12.8 Å². The number of hydrogen-bond acceptors (Lipinski definition) is 4. The van der Waals surface area contributed by atoms with Crippen molar-refractivity contribution in [1.82, 2.24) is 0 Å². The van der Waals surface area contributed by atoms with Crippen LogP contribution in [0.4, 0.5) is 0 Å². The third kappa shape index (κ3) is 6.85. The lowest BCUT2D eigenvalue weighted by Crippen LogP contribution is -2.46. The number of carbonyl (C=O) groups is 1. The molecule has 0 saturated carbocycles. The molecular weight excluding hydrogens is 296 g/mol. The fourth-order valence-electron chi connectivity index (χ4n) is 2.82. The highest BCUT2D eigenvalue weighted by Crippen LogP contribution is 2.36.